The average molecular weight is 397 g/mol. The second-order valence-electron chi connectivity index (χ2n) is 7.42. The highest BCUT2D eigenvalue weighted by atomic mass is 19.1. The van der Waals surface area contributed by atoms with Crippen molar-refractivity contribution in [3.05, 3.63) is 60.2 Å². The van der Waals surface area contributed by atoms with Crippen molar-refractivity contribution in [2.75, 3.05) is 37.7 Å². The lowest BCUT2D eigenvalue weighted by molar-refractivity contribution is -0.125. The van der Waals surface area contributed by atoms with Gasteiger partial charge < -0.3 is 20.4 Å². The van der Waals surface area contributed by atoms with E-state index in [1.807, 2.05) is 11.0 Å². The Bertz CT molecular complexity index is 884. The first-order valence-corrected chi connectivity index (χ1v) is 9.82. The summed E-state index contributed by atoms with van der Waals surface area (Å²) in [6.45, 7) is 3.08. The summed E-state index contributed by atoms with van der Waals surface area (Å²) in [7, 11) is 0. The zero-order valence-corrected chi connectivity index (χ0v) is 16.1. The molecule has 0 saturated carbocycles. The van der Waals surface area contributed by atoms with Gasteiger partial charge in [0.25, 0.3) is 5.91 Å². The number of pyridine rings is 1. The van der Waals surface area contributed by atoms with Gasteiger partial charge in [-0.1, -0.05) is 12.1 Å². The third-order valence-corrected chi connectivity index (χ3v) is 5.75. The van der Waals surface area contributed by atoms with E-state index >= 15 is 0 Å². The number of hydrogen-bond donors (Lipinski definition) is 2. The van der Waals surface area contributed by atoms with Crippen LogP contribution in [0.5, 0.6) is 0 Å². The summed E-state index contributed by atoms with van der Waals surface area (Å²) in [5.74, 6) is -0.491. The number of rotatable bonds is 5. The molecule has 0 radical (unpaired) electrons. The monoisotopic (exact) mass is 397 g/mol. The van der Waals surface area contributed by atoms with Crippen molar-refractivity contribution in [1.82, 2.24) is 20.5 Å². The molecule has 152 valence electrons. The molecule has 3 heterocycles. The van der Waals surface area contributed by atoms with Gasteiger partial charge in [-0.05, 0) is 43.2 Å². The number of aromatic nitrogens is 1. The smallest absolute Gasteiger partial charge is 0.269 e. The third-order valence-electron chi connectivity index (χ3n) is 5.75. The summed E-state index contributed by atoms with van der Waals surface area (Å²) in [4.78, 5) is 33.0. The highest BCUT2D eigenvalue weighted by molar-refractivity contribution is 5.93. The number of hydrogen-bond acceptors (Lipinski definition) is 5. The van der Waals surface area contributed by atoms with Crippen molar-refractivity contribution in [3.63, 3.8) is 0 Å². The predicted molar refractivity (Wildman–Crippen MR) is 107 cm³/mol. The number of amides is 2. The van der Waals surface area contributed by atoms with Crippen LogP contribution in [0.2, 0.25) is 0 Å². The number of benzene rings is 1. The molecule has 8 heteroatoms. The number of carbonyl (C=O) groups is 2. The first-order valence-electron chi connectivity index (χ1n) is 9.82. The van der Waals surface area contributed by atoms with Gasteiger partial charge in [0.05, 0.1) is 6.67 Å². The number of likely N-dealkylation sites (tertiary alicyclic amines) is 1. The van der Waals surface area contributed by atoms with Crippen LogP contribution in [0.15, 0.2) is 48.7 Å². The highest BCUT2D eigenvalue weighted by Gasteiger charge is 2.50. The van der Waals surface area contributed by atoms with E-state index < -0.39 is 5.54 Å². The molecule has 0 aliphatic carbocycles. The molecule has 2 amide bonds. The van der Waals surface area contributed by atoms with Crippen LogP contribution >= 0.6 is 0 Å². The number of carbonyl (C=O) groups excluding carboxylic acids is 2. The predicted octanol–water partition coefficient (Wildman–Crippen LogP) is 1.38. The molecule has 2 fully saturated rings. The quantitative estimate of drug-likeness (QED) is 0.797. The van der Waals surface area contributed by atoms with Gasteiger partial charge in [-0.15, -0.1) is 0 Å². The zero-order chi connectivity index (χ0) is 20.3. The van der Waals surface area contributed by atoms with E-state index in [1.54, 1.807) is 30.5 Å². The summed E-state index contributed by atoms with van der Waals surface area (Å²) in [6, 6.07) is 11.6. The fraction of sp³-hybridized carbons (Fsp3) is 0.381. The molecule has 1 spiro atoms. The lowest BCUT2D eigenvalue weighted by atomic mass is 9.85. The zero-order valence-electron chi connectivity index (χ0n) is 16.1. The minimum atomic E-state index is -0.637. The van der Waals surface area contributed by atoms with Crippen molar-refractivity contribution in [2.45, 2.75) is 18.4 Å². The van der Waals surface area contributed by atoms with Gasteiger partial charge in [0, 0.05) is 38.1 Å². The maximum absolute atomic E-state index is 13.7. The van der Waals surface area contributed by atoms with Gasteiger partial charge in [-0.3, -0.25) is 14.6 Å². The van der Waals surface area contributed by atoms with Crippen LogP contribution in [0.25, 0.3) is 0 Å². The van der Waals surface area contributed by atoms with Crippen LogP contribution in [0, 0.1) is 5.82 Å². The Hall–Kier alpha value is -3.00. The summed E-state index contributed by atoms with van der Waals surface area (Å²) in [5.41, 5.74) is 0.486. The molecule has 7 nitrogen and oxygen atoms in total. The van der Waals surface area contributed by atoms with E-state index in [2.05, 4.69) is 20.5 Å². The molecule has 29 heavy (non-hydrogen) atoms. The highest BCUT2D eigenvalue weighted by Crippen LogP contribution is 2.36. The standard InChI is InChI=1S/C21H24FN5O2/c22-16-4-3-5-17(14-16)27-15-25-20(29)21(27)7-11-26(12-8-21)13-10-24-19(28)18-6-1-2-9-23-18/h1-6,9,14H,7-8,10-13,15H2,(H,24,28)(H,25,29). The van der Waals surface area contributed by atoms with E-state index in [1.165, 1.54) is 12.1 Å². The Morgan fingerprint density at radius 1 is 1.21 bits per heavy atom. The van der Waals surface area contributed by atoms with Gasteiger partial charge in [-0.25, -0.2) is 4.39 Å². The minimum Gasteiger partial charge on any atom is -0.349 e. The van der Waals surface area contributed by atoms with E-state index in [4.69, 9.17) is 0 Å². The fourth-order valence-corrected chi connectivity index (χ4v) is 4.13. The summed E-state index contributed by atoms with van der Waals surface area (Å²) >= 11 is 0. The molecule has 2 saturated heterocycles. The second kappa shape index (κ2) is 8.16. The molecule has 1 aromatic carbocycles. The molecule has 2 aliphatic heterocycles. The summed E-state index contributed by atoms with van der Waals surface area (Å²) in [6.07, 6.45) is 2.91. The van der Waals surface area contributed by atoms with Gasteiger partial charge in [0.15, 0.2) is 0 Å². The third kappa shape index (κ3) is 3.93. The Kier molecular flexibility index (Phi) is 5.44. The van der Waals surface area contributed by atoms with Gasteiger partial charge in [-0.2, -0.15) is 0 Å². The molecule has 2 N–H and O–H groups in total. The Labute approximate surface area is 168 Å². The number of nitrogens with zero attached hydrogens (tertiary/aromatic N) is 3. The summed E-state index contributed by atoms with van der Waals surface area (Å²) in [5, 5.41) is 5.80. The summed E-state index contributed by atoms with van der Waals surface area (Å²) < 4.78 is 13.7. The van der Waals surface area contributed by atoms with E-state index in [9.17, 15) is 14.0 Å². The van der Waals surface area contributed by atoms with E-state index in [0.29, 0.717) is 38.3 Å². The van der Waals surface area contributed by atoms with Gasteiger partial charge in [0.1, 0.15) is 17.1 Å². The van der Waals surface area contributed by atoms with Crippen molar-refractivity contribution >= 4 is 17.5 Å². The largest absolute Gasteiger partial charge is 0.349 e. The second-order valence-corrected chi connectivity index (χ2v) is 7.42. The van der Waals surface area contributed by atoms with E-state index in [0.717, 1.165) is 18.8 Å². The first kappa shape index (κ1) is 19.3. The van der Waals surface area contributed by atoms with Crippen molar-refractivity contribution in [1.29, 1.82) is 0 Å². The van der Waals surface area contributed by atoms with Crippen LogP contribution in [-0.4, -0.2) is 60.1 Å². The molecular formula is C21H24FN5O2. The molecule has 1 aromatic heterocycles. The SMILES string of the molecule is O=C(NCCN1CCC2(CC1)C(=O)NCN2c1cccc(F)c1)c1ccccn1. The van der Waals surface area contributed by atoms with Crippen LogP contribution < -0.4 is 15.5 Å². The molecular weight excluding hydrogens is 373 g/mol. The fourth-order valence-electron chi connectivity index (χ4n) is 4.13. The number of nitrogens with one attached hydrogen (secondary N) is 2. The van der Waals surface area contributed by atoms with Crippen molar-refractivity contribution < 1.29 is 14.0 Å². The Morgan fingerprint density at radius 3 is 2.76 bits per heavy atom. The Balaban J connectivity index is 1.33. The lowest BCUT2D eigenvalue weighted by Gasteiger charge is -2.43. The molecule has 2 aromatic rings. The number of piperidine rings is 1. The first-order chi connectivity index (χ1) is 14.1. The lowest BCUT2D eigenvalue weighted by Crippen LogP contribution is -2.57. The molecule has 0 unspecified atom stereocenters. The van der Waals surface area contributed by atoms with Crippen LogP contribution in [-0.2, 0) is 4.79 Å². The average Bonchev–Trinajstić information content (AvgIpc) is 3.06. The maximum atomic E-state index is 13.7. The van der Waals surface area contributed by atoms with Gasteiger partial charge in [0.2, 0.25) is 5.91 Å². The molecule has 4 rings (SSSR count). The van der Waals surface area contributed by atoms with Crippen LogP contribution in [0.1, 0.15) is 23.3 Å². The van der Waals surface area contributed by atoms with E-state index in [-0.39, 0.29) is 17.6 Å². The Morgan fingerprint density at radius 2 is 2.03 bits per heavy atom. The number of anilines is 1. The van der Waals surface area contributed by atoms with Crippen molar-refractivity contribution in [2.24, 2.45) is 0 Å². The minimum absolute atomic E-state index is 0.00451. The van der Waals surface area contributed by atoms with Crippen LogP contribution in [0.4, 0.5) is 10.1 Å². The normalized spacial score (nSPS) is 18.7. The number of halogens is 1. The molecule has 0 atom stereocenters. The van der Waals surface area contributed by atoms with Crippen LogP contribution in [0.3, 0.4) is 0 Å². The van der Waals surface area contributed by atoms with Crippen molar-refractivity contribution in [3.8, 4) is 0 Å². The molecule has 0 bridgehead atoms. The maximum Gasteiger partial charge on any atom is 0.269 e. The molecule has 2 aliphatic rings. The topological polar surface area (TPSA) is 77.6 Å². The van der Waals surface area contributed by atoms with Gasteiger partial charge >= 0.3 is 0 Å².